The molecule has 10 aromatic rings. The molecule has 0 spiro atoms. The fourth-order valence-corrected chi connectivity index (χ4v) is 8.51. The number of hydrogen-bond acceptors (Lipinski definition) is 5. The molecular weight excluding hydrogens is 547 g/mol. The van der Waals surface area contributed by atoms with E-state index in [1.165, 1.54) is 42.0 Å². The molecule has 0 radical (unpaired) electrons. The fraction of sp³-hybridized carbons (Fsp3) is 0. The van der Waals surface area contributed by atoms with E-state index in [1.54, 1.807) is 0 Å². The molecule has 1 aliphatic rings. The van der Waals surface area contributed by atoms with E-state index in [0.717, 1.165) is 50.0 Å². The summed E-state index contributed by atoms with van der Waals surface area (Å²) in [5.41, 5.74) is 9.65. The van der Waals surface area contributed by atoms with Crippen molar-refractivity contribution in [3.63, 3.8) is 0 Å². The Kier molecular flexibility index (Phi) is 3.91. The zero-order chi connectivity index (χ0) is 27.8. The van der Waals surface area contributed by atoms with Crippen LogP contribution in [-0.4, -0.2) is 19.4 Å². The van der Waals surface area contributed by atoms with Crippen molar-refractivity contribution in [2.45, 2.75) is 0 Å². The molecule has 0 amide bonds. The summed E-state index contributed by atoms with van der Waals surface area (Å²) in [6.07, 6.45) is 1.95. The van der Waals surface area contributed by atoms with Crippen molar-refractivity contribution in [3.05, 3.63) is 115 Å². The van der Waals surface area contributed by atoms with Gasteiger partial charge >= 0.3 is 0 Å². The molecule has 5 nitrogen and oxygen atoms in total. The summed E-state index contributed by atoms with van der Waals surface area (Å²) in [4.78, 5) is 17.8. The van der Waals surface area contributed by atoms with Gasteiger partial charge in [0.1, 0.15) is 0 Å². The summed E-state index contributed by atoms with van der Waals surface area (Å²) >= 11 is 1.85. The minimum Gasteiger partial charge on any atom is -0.304 e. The summed E-state index contributed by atoms with van der Waals surface area (Å²) in [6, 6.07) is 38.6. The average Bonchev–Trinajstić information content (AvgIpc) is 3.57. The van der Waals surface area contributed by atoms with Crippen LogP contribution in [0, 0.1) is 0 Å². The third-order valence-corrected chi connectivity index (χ3v) is 10.2. The lowest BCUT2D eigenvalue weighted by Gasteiger charge is -2.29. The van der Waals surface area contributed by atoms with Gasteiger partial charge in [0.15, 0.2) is 0 Å². The van der Waals surface area contributed by atoms with Crippen LogP contribution in [0.2, 0.25) is 0 Å². The highest BCUT2D eigenvalue weighted by molar-refractivity contribution is 7.26. The van der Waals surface area contributed by atoms with Gasteiger partial charge in [-0.25, -0.2) is 9.97 Å². The van der Waals surface area contributed by atoms with E-state index in [-0.39, 0.29) is 0 Å². The first kappa shape index (κ1) is 22.1. The highest BCUT2D eigenvalue weighted by atomic mass is 32.1. The SMILES string of the molecule is c1ccc(-c2nc(N3c4cccc5c6ccc7sc8ccnc9c%10cccc3c%10n(c45)c6c7c89)nc3ccccc23)cc1. The van der Waals surface area contributed by atoms with Crippen LogP contribution in [0.4, 0.5) is 17.3 Å². The highest BCUT2D eigenvalue weighted by Crippen LogP contribution is 2.52. The van der Waals surface area contributed by atoms with Crippen molar-refractivity contribution in [3.8, 4) is 11.3 Å². The summed E-state index contributed by atoms with van der Waals surface area (Å²) in [6.45, 7) is 0. The number of nitrogens with zero attached hydrogens (tertiary/aromatic N) is 5. The van der Waals surface area contributed by atoms with E-state index in [4.69, 9.17) is 15.0 Å². The van der Waals surface area contributed by atoms with Crippen molar-refractivity contribution in [2.75, 3.05) is 4.90 Å². The Morgan fingerprint density at radius 1 is 0.535 bits per heavy atom. The molecule has 0 aliphatic carbocycles. The molecule has 11 rings (SSSR count). The predicted molar refractivity (Wildman–Crippen MR) is 179 cm³/mol. The molecule has 0 N–H and O–H groups in total. The third kappa shape index (κ3) is 2.61. The van der Waals surface area contributed by atoms with E-state index in [9.17, 15) is 0 Å². The van der Waals surface area contributed by atoms with Gasteiger partial charge in [0.25, 0.3) is 0 Å². The summed E-state index contributed by atoms with van der Waals surface area (Å²) in [7, 11) is 0. The number of benzene rings is 5. The standard InChI is InChI=1S/C37H19N5S/c1-2-8-20(9-3-1)32-23-10-4-5-13-25(23)39-37(40-32)41-26-14-6-11-21-22-16-17-28-31-30-29(43-28)18-19-38-33(30)24-12-7-15-27(41)35(24)42(34(21)26)36(22)31/h1-19H. The molecule has 0 atom stereocenters. The van der Waals surface area contributed by atoms with Crippen molar-refractivity contribution in [1.29, 1.82) is 0 Å². The normalized spacial score (nSPS) is 13.1. The first-order valence-electron chi connectivity index (χ1n) is 14.4. The van der Waals surface area contributed by atoms with Crippen molar-refractivity contribution >= 4 is 98.0 Å². The summed E-state index contributed by atoms with van der Waals surface area (Å²) in [5, 5.41) is 7.20. The van der Waals surface area contributed by atoms with Crippen LogP contribution in [0.15, 0.2) is 115 Å². The molecule has 0 saturated carbocycles. The molecule has 198 valence electrons. The Morgan fingerprint density at radius 2 is 1.26 bits per heavy atom. The van der Waals surface area contributed by atoms with E-state index in [2.05, 4.69) is 106 Å². The fourth-order valence-electron chi connectivity index (χ4n) is 7.41. The van der Waals surface area contributed by atoms with Gasteiger partial charge in [0.2, 0.25) is 5.95 Å². The molecule has 5 aromatic heterocycles. The molecule has 0 saturated heterocycles. The number of thiophene rings is 1. The molecule has 0 unspecified atom stereocenters. The highest BCUT2D eigenvalue weighted by Gasteiger charge is 2.31. The topological polar surface area (TPSA) is 46.3 Å². The summed E-state index contributed by atoms with van der Waals surface area (Å²) in [5.74, 6) is 0.657. The monoisotopic (exact) mass is 565 g/mol. The molecule has 6 heterocycles. The summed E-state index contributed by atoms with van der Waals surface area (Å²) < 4.78 is 5.06. The van der Waals surface area contributed by atoms with Gasteiger partial charge in [-0.3, -0.25) is 9.88 Å². The lowest BCUT2D eigenvalue weighted by molar-refractivity contribution is 1.10. The Balaban J connectivity index is 1.37. The average molecular weight is 566 g/mol. The molecule has 0 fully saturated rings. The van der Waals surface area contributed by atoms with Crippen LogP contribution < -0.4 is 4.90 Å². The quantitative estimate of drug-likeness (QED) is 0.209. The lowest BCUT2D eigenvalue weighted by Crippen LogP contribution is -2.18. The van der Waals surface area contributed by atoms with Gasteiger partial charge in [0, 0.05) is 53.5 Å². The maximum absolute atomic E-state index is 5.33. The van der Waals surface area contributed by atoms with Crippen LogP contribution in [0.25, 0.3) is 80.6 Å². The molecule has 1 aliphatic heterocycles. The van der Waals surface area contributed by atoms with Crippen molar-refractivity contribution < 1.29 is 0 Å². The van der Waals surface area contributed by atoms with Gasteiger partial charge in [-0.2, -0.15) is 0 Å². The second-order valence-corrected chi connectivity index (χ2v) is 12.3. The number of rotatable bonds is 2. The van der Waals surface area contributed by atoms with Gasteiger partial charge in [-0.05, 0) is 30.3 Å². The largest absolute Gasteiger partial charge is 0.304 e. The van der Waals surface area contributed by atoms with Crippen LogP contribution in [0.3, 0.4) is 0 Å². The second kappa shape index (κ2) is 7.62. The minimum absolute atomic E-state index is 0.657. The molecule has 5 aromatic carbocycles. The maximum atomic E-state index is 5.33. The van der Waals surface area contributed by atoms with Gasteiger partial charge in [-0.1, -0.05) is 78.9 Å². The van der Waals surface area contributed by atoms with Crippen LogP contribution in [0.5, 0.6) is 0 Å². The van der Waals surface area contributed by atoms with Gasteiger partial charge in [0.05, 0.1) is 44.7 Å². The Hall–Kier alpha value is -5.59. The van der Waals surface area contributed by atoms with Gasteiger partial charge in [-0.15, -0.1) is 11.3 Å². The third-order valence-electron chi connectivity index (χ3n) is 9.09. The van der Waals surface area contributed by atoms with Gasteiger partial charge < -0.3 is 4.40 Å². The Morgan fingerprint density at radius 3 is 2.14 bits per heavy atom. The number of para-hydroxylation sites is 3. The maximum Gasteiger partial charge on any atom is 0.235 e. The molecule has 0 bridgehead atoms. The second-order valence-electron chi connectivity index (χ2n) is 11.2. The Labute approximate surface area is 248 Å². The number of hydrogen-bond donors (Lipinski definition) is 0. The van der Waals surface area contributed by atoms with E-state index in [0.29, 0.717) is 5.95 Å². The van der Waals surface area contributed by atoms with Crippen molar-refractivity contribution in [1.82, 2.24) is 19.4 Å². The smallest absolute Gasteiger partial charge is 0.235 e. The predicted octanol–water partition coefficient (Wildman–Crippen LogP) is 9.99. The first-order chi connectivity index (χ1) is 21.3. The first-order valence-corrected chi connectivity index (χ1v) is 15.2. The number of fused-ring (bicyclic) bond motifs is 3. The van der Waals surface area contributed by atoms with E-state index < -0.39 is 0 Å². The van der Waals surface area contributed by atoms with E-state index >= 15 is 0 Å². The molecule has 43 heavy (non-hydrogen) atoms. The molecular formula is C37H19N5S. The Bertz CT molecular complexity index is 2790. The lowest BCUT2D eigenvalue weighted by atomic mass is 10.0. The minimum atomic E-state index is 0.657. The van der Waals surface area contributed by atoms with Crippen LogP contribution in [-0.2, 0) is 0 Å². The zero-order valence-corrected chi connectivity index (χ0v) is 23.4. The van der Waals surface area contributed by atoms with E-state index in [1.807, 2.05) is 29.7 Å². The van der Waals surface area contributed by atoms with Crippen molar-refractivity contribution in [2.24, 2.45) is 0 Å². The molecule has 6 heteroatoms. The number of anilines is 3. The van der Waals surface area contributed by atoms with Crippen LogP contribution >= 0.6 is 11.3 Å². The number of aromatic nitrogens is 4. The zero-order valence-electron chi connectivity index (χ0n) is 22.6. The number of pyridine rings is 1. The van der Waals surface area contributed by atoms with Crippen LogP contribution in [0.1, 0.15) is 0 Å².